The number of hydrogen-bond acceptors (Lipinski definition) is 7. The van der Waals surface area contributed by atoms with Gasteiger partial charge in [0.05, 0.1) is 11.0 Å². The minimum absolute atomic E-state index is 0. The number of rotatable bonds is 8. The van der Waals surface area contributed by atoms with Gasteiger partial charge in [-0.1, -0.05) is 6.07 Å². The summed E-state index contributed by atoms with van der Waals surface area (Å²) in [5, 5.41) is 5.75. The molecule has 0 fully saturated rings. The van der Waals surface area contributed by atoms with Crippen molar-refractivity contribution >= 4 is 28.6 Å². The lowest BCUT2D eigenvalue weighted by atomic mass is 10.1. The molecule has 0 saturated heterocycles. The van der Waals surface area contributed by atoms with Crippen molar-refractivity contribution in [2.24, 2.45) is 7.05 Å². The van der Waals surface area contributed by atoms with E-state index in [0.29, 0.717) is 39.8 Å². The number of nitrogens with one attached hydrogen (secondary N) is 2. The van der Waals surface area contributed by atoms with Gasteiger partial charge in [-0.05, 0) is 42.5 Å². The Bertz CT molecular complexity index is 1680. The first kappa shape index (κ1) is 26.5. The molecule has 5 rings (SSSR count). The Balaban J connectivity index is 0.00000242. The molecule has 3 aromatic heterocycles. The van der Waals surface area contributed by atoms with Gasteiger partial charge in [-0.15, -0.1) is 0 Å². The third-order valence-electron chi connectivity index (χ3n) is 5.88. The molecule has 0 atom stereocenters. The maximum atomic E-state index is 12.8. The van der Waals surface area contributed by atoms with Crippen LogP contribution in [0.1, 0.15) is 13.3 Å². The van der Waals surface area contributed by atoms with Crippen LogP contribution in [0.2, 0.25) is 0 Å². The monoisotopic (exact) mass is 552 g/mol. The highest BCUT2D eigenvalue weighted by Gasteiger charge is 2.29. The topological polar surface area (TPSA) is 103 Å². The summed E-state index contributed by atoms with van der Waals surface area (Å²) in [4.78, 5) is 24.6. The molecule has 0 spiro atoms. The largest absolute Gasteiger partial charge is 0.483 e. The summed E-state index contributed by atoms with van der Waals surface area (Å²) in [6.07, 6.45) is 0.147. The Morgan fingerprint density at radius 1 is 1.05 bits per heavy atom. The number of alkyl halides is 3. The highest BCUT2D eigenvalue weighted by Crippen LogP contribution is 2.35. The van der Waals surface area contributed by atoms with Crippen molar-refractivity contribution in [2.75, 3.05) is 19.0 Å². The summed E-state index contributed by atoms with van der Waals surface area (Å²) in [6.45, 7) is -1.41. The summed E-state index contributed by atoms with van der Waals surface area (Å²) in [7, 11) is 3.35. The predicted octanol–water partition coefficient (Wildman–Crippen LogP) is 6.36. The van der Waals surface area contributed by atoms with Gasteiger partial charge >= 0.3 is 6.18 Å². The van der Waals surface area contributed by atoms with E-state index in [-0.39, 0.29) is 20.2 Å². The molecule has 0 aliphatic rings. The average Bonchev–Trinajstić information content (AvgIpc) is 3.25. The van der Waals surface area contributed by atoms with Gasteiger partial charge in [0.1, 0.15) is 22.9 Å². The number of carbonyl (C=O) groups is 1. The number of ether oxygens (including phenoxy) is 2. The highest BCUT2D eigenvalue weighted by atomic mass is 19.4. The van der Waals surface area contributed by atoms with Crippen molar-refractivity contribution in [3.8, 4) is 28.4 Å². The number of aromatic nitrogens is 4. The number of nitrogens with zero attached hydrogens (tertiary/aromatic N) is 4. The Morgan fingerprint density at radius 3 is 2.62 bits per heavy atom. The molecular weight excluding hydrogens is 525 g/mol. The van der Waals surface area contributed by atoms with Crippen LogP contribution < -0.4 is 20.1 Å². The third-order valence-corrected chi connectivity index (χ3v) is 5.88. The summed E-state index contributed by atoms with van der Waals surface area (Å²) < 4.78 is 51.3. The molecule has 2 aromatic carbocycles. The van der Waals surface area contributed by atoms with Gasteiger partial charge in [0.25, 0.3) is 5.91 Å². The number of anilines is 2. The maximum absolute atomic E-state index is 12.8. The number of pyridine rings is 2. The van der Waals surface area contributed by atoms with Crippen LogP contribution >= 0.6 is 0 Å². The third kappa shape index (κ3) is 5.96. The number of amides is 1. The van der Waals surface area contributed by atoms with Crippen molar-refractivity contribution in [2.45, 2.75) is 6.18 Å². The Kier molecular flexibility index (Phi) is 7.23. The van der Waals surface area contributed by atoms with Crippen LogP contribution in [-0.2, 0) is 7.05 Å². The van der Waals surface area contributed by atoms with Crippen LogP contribution in [-0.4, -0.2) is 45.3 Å². The van der Waals surface area contributed by atoms with E-state index in [1.54, 1.807) is 54.9 Å². The molecule has 208 valence electrons. The second kappa shape index (κ2) is 10.9. The molecule has 0 aliphatic carbocycles. The Morgan fingerprint density at radius 2 is 1.88 bits per heavy atom. The van der Waals surface area contributed by atoms with Gasteiger partial charge < -0.3 is 24.7 Å². The summed E-state index contributed by atoms with van der Waals surface area (Å²) >= 11 is 0. The molecule has 9 nitrogen and oxygen atoms in total. The van der Waals surface area contributed by atoms with Gasteiger partial charge in [0.2, 0.25) is 5.95 Å². The highest BCUT2D eigenvalue weighted by molar-refractivity contribution is 5.92. The van der Waals surface area contributed by atoms with Crippen molar-refractivity contribution < 1.29 is 30.3 Å². The van der Waals surface area contributed by atoms with Crippen LogP contribution in [0, 0.1) is 0 Å². The number of hydrogen-bond donors (Lipinski definition) is 2. The second-order valence-electron chi connectivity index (χ2n) is 8.68. The first-order valence-electron chi connectivity index (χ1n) is 12.0. The minimum Gasteiger partial charge on any atom is -0.483 e. The summed E-state index contributed by atoms with van der Waals surface area (Å²) in [5.41, 5.74) is 3.32. The Hall–Kier alpha value is -5.13. The molecule has 0 unspecified atom stereocenters. The van der Waals surface area contributed by atoms with E-state index in [0.717, 1.165) is 5.52 Å². The lowest BCUT2D eigenvalue weighted by Gasteiger charge is -2.15. The fourth-order valence-electron chi connectivity index (χ4n) is 3.99. The van der Waals surface area contributed by atoms with E-state index in [9.17, 15) is 18.0 Å². The number of aryl methyl sites for hydroxylation is 1. The Labute approximate surface area is 229 Å². The smallest absolute Gasteiger partial charge is 0.422 e. The number of carbonyl (C=O) groups excluding carboxylic acids is 1. The lowest BCUT2D eigenvalue weighted by molar-refractivity contribution is -0.153. The zero-order chi connectivity index (χ0) is 28.3. The van der Waals surface area contributed by atoms with Crippen molar-refractivity contribution in [1.82, 2.24) is 24.8 Å². The molecule has 5 aromatic rings. The summed E-state index contributed by atoms with van der Waals surface area (Å²) in [5.74, 6) is 1.21. The summed E-state index contributed by atoms with van der Waals surface area (Å²) in [6, 6.07) is 16.8. The molecule has 0 radical (unpaired) electrons. The van der Waals surface area contributed by atoms with Crippen LogP contribution in [0.25, 0.3) is 22.2 Å². The number of halogens is 3. The van der Waals surface area contributed by atoms with E-state index < -0.39 is 12.8 Å². The quantitative estimate of drug-likeness (QED) is 0.231. The van der Waals surface area contributed by atoms with E-state index in [2.05, 4.69) is 25.6 Å². The van der Waals surface area contributed by atoms with Crippen LogP contribution in [0.3, 0.4) is 0 Å². The second-order valence-corrected chi connectivity index (χ2v) is 8.68. The van der Waals surface area contributed by atoms with Gasteiger partial charge in [-0.2, -0.15) is 13.2 Å². The first-order valence-corrected chi connectivity index (χ1v) is 12.0. The van der Waals surface area contributed by atoms with Gasteiger partial charge in [-0.3, -0.25) is 14.8 Å². The first-order chi connectivity index (χ1) is 19.2. The molecule has 12 heteroatoms. The van der Waals surface area contributed by atoms with Crippen LogP contribution in [0.15, 0.2) is 79.3 Å². The van der Waals surface area contributed by atoms with E-state index in [1.807, 2.05) is 17.7 Å². The zero-order valence-corrected chi connectivity index (χ0v) is 21.4. The van der Waals surface area contributed by atoms with Crippen LogP contribution in [0.4, 0.5) is 24.8 Å². The standard InChI is InChI=1S/C28H23F3N6O3.2H2/c1-32-26(38)23-14-20(9-11-34-23)40-19-6-7-24-22(13-19)36-27(37(24)2)35-18-5-8-25(39-16-28(29,30)31)21(12-18)17-4-3-10-33-15-17;;/h3-15H,16H2,1-2H3,(H,32,38)(H,35,36);2*1H. The molecule has 40 heavy (non-hydrogen) atoms. The molecule has 1 amide bonds. The van der Waals surface area contributed by atoms with Crippen molar-refractivity contribution in [3.05, 3.63) is 84.9 Å². The maximum Gasteiger partial charge on any atom is 0.422 e. The molecular formula is C28H27F3N6O3. The predicted molar refractivity (Wildman–Crippen MR) is 147 cm³/mol. The molecule has 0 aliphatic heterocycles. The molecule has 2 N–H and O–H groups in total. The van der Waals surface area contributed by atoms with Crippen molar-refractivity contribution in [1.29, 1.82) is 0 Å². The average molecular weight is 553 g/mol. The normalized spacial score (nSPS) is 11.3. The van der Waals surface area contributed by atoms with Crippen molar-refractivity contribution in [3.63, 3.8) is 0 Å². The molecule has 3 heterocycles. The fraction of sp³-hybridized carbons (Fsp3) is 0.143. The van der Waals surface area contributed by atoms with Gasteiger partial charge in [-0.25, -0.2) is 4.98 Å². The molecule has 0 saturated carbocycles. The lowest BCUT2D eigenvalue weighted by Crippen LogP contribution is -2.19. The molecule has 0 bridgehead atoms. The van der Waals surface area contributed by atoms with Gasteiger partial charge in [0.15, 0.2) is 6.61 Å². The number of fused-ring (bicyclic) bond motifs is 1. The number of benzene rings is 2. The van der Waals surface area contributed by atoms with E-state index in [4.69, 9.17) is 9.47 Å². The fourth-order valence-corrected chi connectivity index (χ4v) is 3.99. The van der Waals surface area contributed by atoms with E-state index in [1.165, 1.54) is 25.4 Å². The SMILES string of the molecule is CNC(=O)c1cc(Oc2ccc3c(c2)nc(Nc2ccc(OCC(F)(F)F)c(-c4cccnc4)c2)n3C)ccn1.[HH].[HH]. The van der Waals surface area contributed by atoms with Crippen LogP contribution in [0.5, 0.6) is 17.2 Å². The minimum atomic E-state index is -4.47. The number of imidazole rings is 1. The van der Waals surface area contributed by atoms with E-state index >= 15 is 0 Å². The van der Waals surface area contributed by atoms with Gasteiger partial charge in [0, 0.05) is 64.5 Å². The zero-order valence-electron chi connectivity index (χ0n) is 21.4.